The minimum Gasteiger partial charge on any atom is -0.329 e. The predicted molar refractivity (Wildman–Crippen MR) is 98.9 cm³/mol. The first-order valence-electron chi connectivity index (χ1n) is 9.06. The quantitative estimate of drug-likeness (QED) is 0.919. The first-order chi connectivity index (χ1) is 12.7. The van der Waals surface area contributed by atoms with Gasteiger partial charge in [0, 0.05) is 56.2 Å². The van der Waals surface area contributed by atoms with Gasteiger partial charge in [-0.2, -0.15) is 0 Å². The normalized spacial score (nSPS) is 20.5. The first kappa shape index (κ1) is 16.7. The van der Waals surface area contributed by atoms with Crippen LogP contribution in [-0.4, -0.2) is 47.9 Å². The Balaban J connectivity index is 1.55. The van der Waals surface area contributed by atoms with Crippen molar-refractivity contribution < 1.29 is 9.59 Å². The number of carbonyl (C=O) groups excluding carboxylic acids is 2. The number of anilines is 1. The molecule has 2 fully saturated rings. The molecule has 1 aromatic heterocycles. The summed E-state index contributed by atoms with van der Waals surface area (Å²) in [6.07, 6.45) is 5.06. The number of hydrogen-bond donors (Lipinski definition) is 1. The van der Waals surface area contributed by atoms with Gasteiger partial charge in [0.25, 0.3) is 5.91 Å². The lowest BCUT2D eigenvalue weighted by atomic mass is 10.0. The van der Waals surface area contributed by atoms with Gasteiger partial charge in [-0.05, 0) is 42.3 Å². The van der Waals surface area contributed by atoms with E-state index in [0.29, 0.717) is 18.5 Å². The maximum atomic E-state index is 13.1. The Morgan fingerprint density at radius 3 is 2.69 bits per heavy atom. The van der Waals surface area contributed by atoms with Crippen LogP contribution in [0.4, 0.5) is 5.69 Å². The highest BCUT2D eigenvalue weighted by atomic mass is 16.2. The molecular weight excluding hydrogens is 328 g/mol. The van der Waals surface area contributed by atoms with Gasteiger partial charge < -0.3 is 15.1 Å². The van der Waals surface area contributed by atoms with Crippen LogP contribution in [0.15, 0.2) is 48.8 Å². The standard InChI is InChI=1S/C20H22N4O2/c25-19-4-2-11-23(19)17-7-5-15(6-8-17)20(26)24-12-10-22-14-18(24)16-3-1-9-21-13-16/h1,3,5-9,13,18,22H,2,4,10-12,14H2. The van der Waals surface area contributed by atoms with Gasteiger partial charge in [-0.15, -0.1) is 0 Å². The van der Waals surface area contributed by atoms with E-state index in [1.54, 1.807) is 11.1 Å². The summed E-state index contributed by atoms with van der Waals surface area (Å²) in [4.78, 5) is 32.8. The van der Waals surface area contributed by atoms with E-state index in [4.69, 9.17) is 0 Å². The number of piperazine rings is 1. The molecule has 26 heavy (non-hydrogen) atoms. The zero-order valence-electron chi connectivity index (χ0n) is 14.6. The summed E-state index contributed by atoms with van der Waals surface area (Å²) in [6.45, 7) is 2.92. The van der Waals surface area contributed by atoms with Crippen molar-refractivity contribution in [3.05, 3.63) is 59.9 Å². The molecule has 4 rings (SSSR count). The first-order valence-corrected chi connectivity index (χ1v) is 9.06. The molecule has 0 spiro atoms. The molecule has 2 saturated heterocycles. The van der Waals surface area contributed by atoms with Gasteiger partial charge in [-0.25, -0.2) is 0 Å². The summed E-state index contributed by atoms with van der Waals surface area (Å²) < 4.78 is 0. The van der Waals surface area contributed by atoms with Crippen LogP contribution in [0.1, 0.15) is 34.8 Å². The molecule has 2 aliphatic rings. The molecule has 0 aliphatic carbocycles. The minimum atomic E-state index is -0.0233. The van der Waals surface area contributed by atoms with Crippen molar-refractivity contribution in [1.82, 2.24) is 15.2 Å². The molecule has 6 nitrogen and oxygen atoms in total. The van der Waals surface area contributed by atoms with Crippen molar-refractivity contribution in [3.63, 3.8) is 0 Å². The molecule has 2 aromatic rings. The van der Waals surface area contributed by atoms with Crippen molar-refractivity contribution in [2.75, 3.05) is 31.1 Å². The van der Waals surface area contributed by atoms with Crippen LogP contribution in [0.5, 0.6) is 0 Å². The van der Waals surface area contributed by atoms with Crippen LogP contribution in [0.2, 0.25) is 0 Å². The van der Waals surface area contributed by atoms with Crippen molar-refractivity contribution >= 4 is 17.5 Å². The highest BCUT2D eigenvalue weighted by Gasteiger charge is 2.29. The maximum Gasteiger partial charge on any atom is 0.254 e. The second-order valence-corrected chi connectivity index (χ2v) is 6.70. The van der Waals surface area contributed by atoms with Gasteiger partial charge in [-0.3, -0.25) is 14.6 Å². The van der Waals surface area contributed by atoms with Crippen LogP contribution in [0.3, 0.4) is 0 Å². The average molecular weight is 350 g/mol. The maximum absolute atomic E-state index is 13.1. The number of benzene rings is 1. The number of hydrogen-bond acceptors (Lipinski definition) is 4. The Morgan fingerprint density at radius 1 is 1.15 bits per heavy atom. The van der Waals surface area contributed by atoms with Crippen LogP contribution >= 0.6 is 0 Å². The monoisotopic (exact) mass is 350 g/mol. The molecule has 1 atom stereocenters. The molecule has 1 unspecified atom stereocenters. The highest BCUT2D eigenvalue weighted by molar-refractivity contribution is 5.97. The predicted octanol–water partition coefficient (Wildman–Crippen LogP) is 2.00. The third-order valence-electron chi connectivity index (χ3n) is 5.07. The molecule has 1 N–H and O–H groups in total. The smallest absolute Gasteiger partial charge is 0.254 e. The van der Waals surface area contributed by atoms with E-state index in [9.17, 15) is 9.59 Å². The van der Waals surface area contributed by atoms with Gasteiger partial charge >= 0.3 is 0 Å². The Labute approximate surface area is 152 Å². The van der Waals surface area contributed by atoms with E-state index in [1.165, 1.54) is 0 Å². The minimum absolute atomic E-state index is 0.0136. The van der Waals surface area contributed by atoms with Crippen molar-refractivity contribution in [1.29, 1.82) is 0 Å². The van der Waals surface area contributed by atoms with Crippen molar-refractivity contribution in [2.45, 2.75) is 18.9 Å². The molecule has 2 amide bonds. The molecule has 134 valence electrons. The summed E-state index contributed by atoms with van der Waals surface area (Å²) in [5, 5.41) is 3.35. The van der Waals surface area contributed by atoms with Gasteiger partial charge in [0.2, 0.25) is 5.91 Å². The van der Waals surface area contributed by atoms with E-state index in [-0.39, 0.29) is 17.9 Å². The number of nitrogens with zero attached hydrogens (tertiary/aromatic N) is 3. The number of carbonyl (C=O) groups is 2. The number of nitrogens with one attached hydrogen (secondary N) is 1. The third-order valence-corrected chi connectivity index (χ3v) is 5.07. The topological polar surface area (TPSA) is 65.5 Å². The molecule has 2 aliphatic heterocycles. The summed E-state index contributed by atoms with van der Waals surface area (Å²) >= 11 is 0. The lowest BCUT2D eigenvalue weighted by molar-refractivity contribution is -0.117. The zero-order valence-corrected chi connectivity index (χ0v) is 14.6. The van der Waals surface area contributed by atoms with Gasteiger partial charge in [0.1, 0.15) is 0 Å². The Bertz CT molecular complexity index is 791. The van der Waals surface area contributed by atoms with E-state index in [2.05, 4.69) is 10.3 Å². The molecule has 6 heteroatoms. The Morgan fingerprint density at radius 2 is 2.00 bits per heavy atom. The number of rotatable bonds is 3. The van der Waals surface area contributed by atoms with Crippen LogP contribution in [-0.2, 0) is 4.79 Å². The largest absolute Gasteiger partial charge is 0.329 e. The zero-order chi connectivity index (χ0) is 17.9. The fourth-order valence-corrected chi connectivity index (χ4v) is 3.69. The van der Waals surface area contributed by atoms with E-state index >= 15 is 0 Å². The van der Waals surface area contributed by atoms with Crippen LogP contribution in [0.25, 0.3) is 0 Å². The summed E-state index contributed by atoms with van der Waals surface area (Å²) in [6, 6.07) is 11.3. The second-order valence-electron chi connectivity index (χ2n) is 6.70. The van der Waals surface area contributed by atoms with Gasteiger partial charge in [0.15, 0.2) is 0 Å². The molecule has 0 radical (unpaired) electrons. The summed E-state index contributed by atoms with van der Waals surface area (Å²) in [7, 11) is 0. The Kier molecular flexibility index (Phi) is 4.67. The lowest BCUT2D eigenvalue weighted by Crippen LogP contribution is -2.48. The van der Waals surface area contributed by atoms with Crippen LogP contribution < -0.4 is 10.2 Å². The van der Waals surface area contributed by atoms with E-state index < -0.39 is 0 Å². The van der Waals surface area contributed by atoms with Crippen molar-refractivity contribution in [2.24, 2.45) is 0 Å². The molecule has 1 aromatic carbocycles. The second kappa shape index (κ2) is 7.25. The third kappa shape index (κ3) is 3.20. The fourth-order valence-electron chi connectivity index (χ4n) is 3.69. The summed E-state index contributed by atoms with van der Waals surface area (Å²) in [5.41, 5.74) is 2.55. The lowest BCUT2D eigenvalue weighted by Gasteiger charge is -2.36. The summed E-state index contributed by atoms with van der Waals surface area (Å²) in [5.74, 6) is 0.169. The van der Waals surface area contributed by atoms with Gasteiger partial charge in [0.05, 0.1) is 6.04 Å². The molecule has 0 saturated carbocycles. The van der Waals surface area contributed by atoms with Crippen molar-refractivity contribution in [3.8, 4) is 0 Å². The molecule has 3 heterocycles. The van der Waals surface area contributed by atoms with E-state index in [1.807, 2.05) is 47.5 Å². The van der Waals surface area contributed by atoms with Gasteiger partial charge in [-0.1, -0.05) is 6.07 Å². The molecule has 0 bridgehead atoms. The fraction of sp³-hybridized carbons (Fsp3) is 0.350. The number of aromatic nitrogens is 1. The van der Waals surface area contributed by atoms with Crippen LogP contribution in [0, 0.1) is 0 Å². The highest BCUT2D eigenvalue weighted by Crippen LogP contribution is 2.26. The Hall–Kier alpha value is -2.73. The van der Waals surface area contributed by atoms with E-state index in [0.717, 1.165) is 37.3 Å². The molecular formula is C20H22N4O2. The number of amides is 2. The SMILES string of the molecule is O=C1CCCN1c1ccc(C(=O)N2CCNCC2c2cccnc2)cc1. The number of pyridine rings is 1. The average Bonchev–Trinajstić information content (AvgIpc) is 3.14.